The number of aliphatic hydroxyl groups excluding tert-OH is 3. The Bertz CT molecular complexity index is 202. The maximum absolute atomic E-state index is 10.2. The molecule has 0 radical (unpaired) electrons. The molecule has 0 rings (SSSR count). The molecule has 0 bridgehead atoms. The molecule has 86 valence electrons. The lowest BCUT2D eigenvalue weighted by Crippen LogP contribution is -2.34. The summed E-state index contributed by atoms with van der Waals surface area (Å²) in [6.07, 6.45) is -2.79. The van der Waals surface area contributed by atoms with E-state index >= 15 is 0 Å². The predicted molar refractivity (Wildman–Crippen MR) is 44.0 cm³/mol. The number of Topliss-reactive ketones (excluding diaryl/α,β-unsaturated/α-hetero) is 1. The topological polar surface area (TPSA) is 156 Å². The lowest BCUT2D eigenvalue weighted by Gasteiger charge is -2.10. The highest BCUT2D eigenvalue weighted by Crippen LogP contribution is 2.25. The maximum atomic E-state index is 10.2. The molecule has 0 aliphatic rings. The summed E-state index contributed by atoms with van der Waals surface area (Å²) in [5, 5.41) is 25.4. The van der Waals surface area contributed by atoms with Crippen molar-refractivity contribution >= 4 is 13.6 Å². The van der Waals surface area contributed by atoms with Gasteiger partial charge in [-0.25, -0.2) is 4.57 Å². The Balaban J connectivity index is 0. The fraction of sp³-hybridized carbons (Fsp3) is 0.800. The molecule has 0 aliphatic heterocycles. The van der Waals surface area contributed by atoms with Crippen LogP contribution in [0.15, 0.2) is 0 Å². The van der Waals surface area contributed by atoms with Gasteiger partial charge in [-0.15, -0.1) is 0 Å². The summed E-state index contributed by atoms with van der Waals surface area (Å²) in [4.78, 5) is 31.8. The van der Waals surface area contributed by atoms with Crippen molar-refractivity contribution in [2.24, 2.45) is 0 Å². The van der Waals surface area contributed by atoms with Crippen LogP contribution in [0.25, 0.3) is 0 Å². The number of carbonyl (C=O) groups is 1. The predicted octanol–water partition coefficient (Wildman–Crippen LogP) is -2.64. The smallest absolute Gasteiger partial charge is 0.394 e. The second-order valence-corrected chi connectivity index (χ2v) is 3.35. The Morgan fingerprint density at radius 3 is 1.64 bits per heavy atom. The van der Waals surface area contributed by atoms with E-state index in [0.29, 0.717) is 0 Å². The summed E-state index contributed by atoms with van der Waals surface area (Å²) in [5.74, 6) is -0.545. The first-order valence-corrected chi connectivity index (χ1v) is 4.91. The highest BCUT2D eigenvalue weighted by atomic mass is 31.2. The van der Waals surface area contributed by atoms with Crippen LogP contribution in [0, 0.1) is 0 Å². The molecule has 0 aromatic carbocycles. The van der Waals surface area contributed by atoms with Crippen LogP contribution in [0.1, 0.15) is 6.92 Å². The van der Waals surface area contributed by atoms with Gasteiger partial charge in [0.15, 0.2) is 5.78 Å². The van der Waals surface area contributed by atoms with Gasteiger partial charge in [-0.05, 0) is 6.92 Å². The third kappa shape index (κ3) is 14.2. The molecule has 0 fully saturated rings. The van der Waals surface area contributed by atoms with Crippen LogP contribution in [-0.2, 0) is 9.36 Å². The molecule has 0 aromatic heterocycles. The van der Waals surface area contributed by atoms with Crippen molar-refractivity contribution in [2.45, 2.75) is 19.1 Å². The van der Waals surface area contributed by atoms with Crippen molar-refractivity contribution < 1.29 is 39.4 Å². The Hall–Kier alpha value is -0.340. The normalized spacial score (nSPS) is 15.1. The molecule has 2 atom stereocenters. The Morgan fingerprint density at radius 1 is 1.29 bits per heavy atom. The van der Waals surface area contributed by atoms with E-state index in [0.717, 1.165) is 6.92 Å². The highest BCUT2D eigenvalue weighted by molar-refractivity contribution is 7.45. The lowest BCUT2D eigenvalue weighted by molar-refractivity contribution is -0.132. The van der Waals surface area contributed by atoms with E-state index in [9.17, 15) is 4.79 Å². The van der Waals surface area contributed by atoms with Crippen molar-refractivity contribution in [1.29, 1.82) is 0 Å². The SMILES string of the molecule is O=P(O)(O)O.[14CH3]C(=O)[C@@H](O)[C@H](O)CO. The molecule has 14 heavy (non-hydrogen) atoms. The largest absolute Gasteiger partial charge is 0.466 e. The first-order valence-electron chi connectivity index (χ1n) is 3.35. The first-order chi connectivity index (χ1) is 6.09. The zero-order chi connectivity index (χ0) is 11.9. The molecule has 0 heterocycles. The molecular weight excluding hydrogens is 221 g/mol. The van der Waals surface area contributed by atoms with Crippen molar-refractivity contribution in [1.82, 2.24) is 0 Å². The third-order valence-corrected chi connectivity index (χ3v) is 0.968. The second-order valence-electron chi connectivity index (χ2n) is 2.32. The first kappa shape index (κ1) is 16.1. The summed E-state index contributed by atoms with van der Waals surface area (Å²) >= 11 is 0. The van der Waals surface area contributed by atoms with Gasteiger partial charge in [-0.3, -0.25) is 4.79 Å². The number of ketones is 1. The molecule has 0 amide bonds. The number of phosphoric acid groups is 1. The molecule has 0 saturated heterocycles. The number of rotatable bonds is 3. The molecule has 9 heteroatoms. The standard InChI is InChI=1S/C5H10O4.H3O4P/c1-3(7)5(9)4(8)2-6;1-5(2,3)4/h4-6,8-9H,2H2,1H3;(H3,1,2,3,4)/t4-,5-;/m1./s1/i1+2;. The van der Waals surface area contributed by atoms with Gasteiger partial charge in [-0.2, -0.15) is 0 Å². The Morgan fingerprint density at radius 2 is 1.57 bits per heavy atom. The van der Waals surface area contributed by atoms with Crippen LogP contribution in [0.4, 0.5) is 0 Å². The van der Waals surface area contributed by atoms with Crippen molar-refractivity contribution in [2.75, 3.05) is 6.61 Å². The van der Waals surface area contributed by atoms with Crippen LogP contribution in [0.5, 0.6) is 0 Å². The van der Waals surface area contributed by atoms with Gasteiger partial charge in [0.1, 0.15) is 12.2 Å². The minimum atomic E-state index is -4.64. The summed E-state index contributed by atoms with van der Waals surface area (Å²) in [7, 11) is -4.64. The fourth-order valence-corrected chi connectivity index (χ4v) is 0.371. The third-order valence-electron chi connectivity index (χ3n) is 0.968. The summed E-state index contributed by atoms with van der Waals surface area (Å²) < 4.78 is 8.88. The average molecular weight is 234 g/mol. The van der Waals surface area contributed by atoms with Crippen LogP contribution in [-0.4, -0.2) is 54.6 Å². The van der Waals surface area contributed by atoms with Crippen molar-refractivity contribution in [3.8, 4) is 0 Å². The van der Waals surface area contributed by atoms with E-state index < -0.39 is 32.4 Å². The lowest BCUT2D eigenvalue weighted by atomic mass is 10.2. The second kappa shape index (κ2) is 7.02. The Labute approximate surface area is 79.7 Å². The van der Waals surface area contributed by atoms with E-state index in [4.69, 9.17) is 34.6 Å². The summed E-state index contributed by atoms with van der Waals surface area (Å²) in [6.45, 7) is 0.546. The van der Waals surface area contributed by atoms with E-state index in [1.54, 1.807) is 0 Å². The summed E-state index contributed by atoms with van der Waals surface area (Å²) in [5.41, 5.74) is 0. The van der Waals surface area contributed by atoms with Gasteiger partial charge in [0, 0.05) is 0 Å². The van der Waals surface area contributed by atoms with Crippen LogP contribution >= 0.6 is 7.82 Å². The van der Waals surface area contributed by atoms with E-state index in [1.165, 1.54) is 0 Å². The van der Waals surface area contributed by atoms with E-state index in [-0.39, 0.29) is 0 Å². The molecule has 6 N–H and O–H groups in total. The van der Waals surface area contributed by atoms with E-state index in [2.05, 4.69) is 0 Å². The van der Waals surface area contributed by atoms with Gasteiger partial charge in [0.2, 0.25) is 0 Å². The van der Waals surface area contributed by atoms with Crippen LogP contribution in [0.3, 0.4) is 0 Å². The zero-order valence-electron chi connectivity index (χ0n) is 7.31. The molecule has 0 saturated carbocycles. The molecule has 0 spiro atoms. The minimum absolute atomic E-state index is 0.545. The van der Waals surface area contributed by atoms with Crippen LogP contribution in [0.2, 0.25) is 0 Å². The quantitative estimate of drug-likeness (QED) is 0.289. The summed E-state index contributed by atoms with van der Waals surface area (Å²) in [6, 6.07) is 0. The number of hydrogen-bond donors (Lipinski definition) is 6. The molecular formula is C5H13O8P. The van der Waals surface area contributed by atoms with Crippen molar-refractivity contribution in [3.63, 3.8) is 0 Å². The van der Waals surface area contributed by atoms with Gasteiger partial charge < -0.3 is 30.0 Å². The van der Waals surface area contributed by atoms with Gasteiger partial charge in [0.25, 0.3) is 0 Å². The number of carbonyl (C=O) groups excluding carboxylic acids is 1. The Kier molecular flexibility index (Phi) is 8.07. The van der Waals surface area contributed by atoms with Crippen LogP contribution < -0.4 is 0 Å². The van der Waals surface area contributed by atoms with Crippen molar-refractivity contribution in [3.05, 3.63) is 0 Å². The number of aliphatic hydroxyl groups is 3. The van der Waals surface area contributed by atoms with Gasteiger partial charge >= 0.3 is 7.82 Å². The molecule has 8 nitrogen and oxygen atoms in total. The molecule has 0 unspecified atom stereocenters. The average Bonchev–Trinajstić information content (AvgIpc) is 1.98. The minimum Gasteiger partial charge on any atom is -0.394 e. The fourth-order valence-electron chi connectivity index (χ4n) is 0.371. The van der Waals surface area contributed by atoms with E-state index in [1.807, 2.05) is 0 Å². The zero-order valence-corrected chi connectivity index (χ0v) is 8.20. The highest BCUT2D eigenvalue weighted by Gasteiger charge is 2.18. The number of hydrogen-bond acceptors (Lipinski definition) is 5. The van der Waals surface area contributed by atoms with Gasteiger partial charge in [0.05, 0.1) is 6.61 Å². The molecule has 0 aromatic rings. The van der Waals surface area contributed by atoms with Gasteiger partial charge in [-0.1, -0.05) is 0 Å². The monoisotopic (exact) mass is 234 g/mol. The maximum Gasteiger partial charge on any atom is 0.466 e. The molecule has 0 aliphatic carbocycles.